The highest BCUT2D eigenvalue weighted by Crippen LogP contribution is 2.20. The van der Waals surface area contributed by atoms with Gasteiger partial charge in [0.05, 0.1) is 13.7 Å². The summed E-state index contributed by atoms with van der Waals surface area (Å²) in [5, 5.41) is 43.3. The molecule has 178 valence electrons. The Bertz CT molecular complexity index is 760. The number of carbonyl (C=O) groups excluding carboxylic acids is 3. The van der Waals surface area contributed by atoms with Gasteiger partial charge in [-0.2, -0.15) is 0 Å². The molecule has 12 nitrogen and oxygen atoms in total. The van der Waals surface area contributed by atoms with Crippen molar-refractivity contribution in [2.45, 2.75) is 56.1 Å². The topological polar surface area (TPSA) is 184 Å². The zero-order chi connectivity index (χ0) is 23.7. The van der Waals surface area contributed by atoms with Crippen LogP contribution in [0.1, 0.15) is 18.4 Å². The number of hydrogen-bond acceptors (Lipinski definition) is 10. The third-order valence-corrected chi connectivity index (χ3v) is 4.85. The van der Waals surface area contributed by atoms with E-state index in [1.807, 2.05) is 6.07 Å². The first kappa shape index (κ1) is 25.5. The first-order valence-corrected chi connectivity index (χ1v) is 9.91. The van der Waals surface area contributed by atoms with Crippen LogP contribution < -0.4 is 10.6 Å². The SMILES string of the molecule is COC(=O)[C@H](CCC(=O)N[C@@H]1O[C@H](CO)[C@@H](O)[C@H](O)[C@H]1O)NC(=O)OCc1ccccc1. The van der Waals surface area contributed by atoms with E-state index in [2.05, 4.69) is 15.4 Å². The molecule has 12 heteroatoms. The van der Waals surface area contributed by atoms with Crippen LogP contribution in [0.5, 0.6) is 0 Å². The van der Waals surface area contributed by atoms with Crippen molar-refractivity contribution in [2.24, 2.45) is 0 Å². The molecule has 6 atom stereocenters. The fourth-order valence-corrected chi connectivity index (χ4v) is 3.03. The Morgan fingerprint density at radius 1 is 1.09 bits per heavy atom. The molecule has 1 fully saturated rings. The molecule has 6 N–H and O–H groups in total. The summed E-state index contributed by atoms with van der Waals surface area (Å²) < 4.78 is 14.9. The van der Waals surface area contributed by atoms with E-state index in [0.29, 0.717) is 0 Å². The number of nitrogens with one attached hydrogen (secondary N) is 2. The minimum absolute atomic E-state index is 0.0157. The van der Waals surface area contributed by atoms with Crippen LogP contribution in [-0.2, 0) is 30.4 Å². The molecule has 1 aliphatic rings. The lowest BCUT2D eigenvalue weighted by Gasteiger charge is -2.40. The highest BCUT2D eigenvalue weighted by Gasteiger charge is 2.44. The number of methoxy groups -OCH3 is 1. The predicted molar refractivity (Wildman–Crippen MR) is 107 cm³/mol. The molecule has 0 saturated carbocycles. The molecule has 1 heterocycles. The van der Waals surface area contributed by atoms with E-state index in [-0.39, 0.29) is 19.4 Å². The van der Waals surface area contributed by atoms with Gasteiger partial charge in [-0.1, -0.05) is 30.3 Å². The maximum absolute atomic E-state index is 12.2. The second-order valence-corrected chi connectivity index (χ2v) is 7.14. The van der Waals surface area contributed by atoms with Crippen molar-refractivity contribution in [3.63, 3.8) is 0 Å². The van der Waals surface area contributed by atoms with E-state index in [4.69, 9.17) is 9.47 Å². The van der Waals surface area contributed by atoms with Gasteiger partial charge in [0.2, 0.25) is 5.91 Å². The van der Waals surface area contributed by atoms with Crippen molar-refractivity contribution >= 4 is 18.0 Å². The first-order valence-electron chi connectivity index (χ1n) is 9.91. The van der Waals surface area contributed by atoms with Crippen LogP contribution in [0.3, 0.4) is 0 Å². The van der Waals surface area contributed by atoms with Gasteiger partial charge < -0.3 is 45.3 Å². The van der Waals surface area contributed by atoms with Crippen LogP contribution in [-0.4, -0.2) is 88.8 Å². The minimum Gasteiger partial charge on any atom is -0.467 e. The lowest BCUT2D eigenvalue weighted by Crippen LogP contribution is -2.63. The number of benzene rings is 1. The van der Waals surface area contributed by atoms with Crippen LogP contribution in [0.15, 0.2) is 30.3 Å². The minimum atomic E-state index is -1.64. The van der Waals surface area contributed by atoms with Gasteiger partial charge in [-0.25, -0.2) is 9.59 Å². The molecule has 1 aromatic carbocycles. The molecule has 0 spiro atoms. The molecule has 1 saturated heterocycles. The number of esters is 1. The van der Waals surface area contributed by atoms with Crippen molar-refractivity contribution in [1.29, 1.82) is 0 Å². The Morgan fingerprint density at radius 3 is 2.41 bits per heavy atom. The maximum atomic E-state index is 12.2. The lowest BCUT2D eigenvalue weighted by molar-refractivity contribution is -0.236. The lowest BCUT2D eigenvalue weighted by atomic mass is 9.98. The number of alkyl carbamates (subject to hydrolysis) is 1. The normalized spacial score (nSPS) is 26.0. The van der Waals surface area contributed by atoms with E-state index in [1.165, 1.54) is 0 Å². The summed E-state index contributed by atoms with van der Waals surface area (Å²) in [6.07, 6.45) is -8.73. The molecule has 0 radical (unpaired) electrons. The van der Waals surface area contributed by atoms with Crippen LogP contribution >= 0.6 is 0 Å². The monoisotopic (exact) mass is 456 g/mol. The molecule has 0 aromatic heterocycles. The third kappa shape index (κ3) is 7.14. The Balaban J connectivity index is 1.86. The highest BCUT2D eigenvalue weighted by molar-refractivity contribution is 5.82. The summed E-state index contributed by atoms with van der Waals surface area (Å²) >= 11 is 0. The zero-order valence-electron chi connectivity index (χ0n) is 17.4. The first-order chi connectivity index (χ1) is 15.3. The molecule has 32 heavy (non-hydrogen) atoms. The summed E-state index contributed by atoms with van der Waals surface area (Å²) in [7, 11) is 1.13. The van der Waals surface area contributed by atoms with E-state index in [1.54, 1.807) is 24.3 Å². The van der Waals surface area contributed by atoms with Gasteiger partial charge in [-0.15, -0.1) is 0 Å². The van der Waals surface area contributed by atoms with Gasteiger partial charge in [-0.3, -0.25) is 4.79 Å². The van der Waals surface area contributed by atoms with Crippen molar-refractivity contribution in [1.82, 2.24) is 10.6 Å². The smallest absolute Gasteiger partial charge is 0.408 e. The van der Waals surface area contributed by atoms with Crippen molar-refractivity contribution in [3.05, 3.63) is 35.9 Å². The van der Waals surface area contributed by atoms with Gasteiger partial charge in [0, 0.05) is 6.42 Å². The molecule has 2 amide bonds. The molecule has 2 rings (SSSR count). The van der Waals surface area contributed by atoms with Crippen LogP contribution in [0.2, 0.25) is 0 Å². The largest absolute Gasteiger partial charge is 0.467 e. The quantitative estimate of drug-likeness (QED) is 0.231. The van der Waals surface area contributed by atoms with E-state index in [9.17, 15) is 34.8 Å². The van der Waals surface area contributed by atoms with E-state index >= 15 is 0 Å². The van der Waals surface area contributed by atoms with Gasteiger partial charge in [-0.05, 0) is 12.0 Å². The van der Waals surface area contributed by atoms with Crippen LogP contribution in [0, 0.1) is 0 Å². The number of aliphatic hydroxyl groups is 4. The Kier molecular flexibility index (Phi) is 9.81. The summed E-state index contributed by atoms with van der Waals surface area (Å²) in [4.78, 5) is 36.2. The van der Waals surface area contributed by atoms with Crippen molar-refractivity contribution in [2.75, 3.05) is 13.7 Å². The zero-order valence-corrected chi connectivity index (χ0v) is 17.4. The summed E-state index contributed by atoms with van der Waals surface area (Å²) in [6, 6.07) is 7.71. The van der Waals surface area contributed by atoms with Gasteiger partial charge in [0.25, 0.3) is 0 Å². The fourth-order valence-electron chi connectivity index (χ4n) is 3.03. The fraction of sp³-hybridized carbons (Fsp3) is 0.550. The van der Waals surface area contributed by atoms with Crippen molar-refractivity contribution in [3.8, 4) is 0 Å². The molecule has 0 aliphatic carbocycles. The Labute approximate surface area is 184 Å². The van der Waals surface area contributed by atoms with E-state index < -0.39 is 61.3 Å². The number of aliphatic hydroxyl groups excluding tert-OH is 4. The summed E-state index contributed by atoms with van der Waals surface area (Å²) in [6.45, 7) is -0.658. The molecular weight excluding hydrogens is 428 g/mol. The van der Waals surface area contributed by atoms with Crippen LogP contribution in [0.25, 0.3) is 0 Å². The molecular formula is C20H28N2O10. The summed E-state index contributed by atoms with van der Waals surface area (Å²) in [5.41, 5.74) is 0.746. The second kappa shape index (κ2) is 12.3. The molecule has 1 aliphatic heterocycles. The standard InChI is InChI=1S/C20H28N2O10/c1-30-19(28)12(21-20(29)31-10-11-5-3-2-4-6-11)7-8-14(24)22-18-17(27)16(26)15(25)13(9-23)32-18/h2-6,12-13,15-18,23,25-27H,7-10H2,1H3,(H,21,29)(H,22,24)/t12-,13+,15+,16-,17+,18+/m0/s1. The number of hydrogen-bond donors (Lipinski definition) is 6. The average Bonchev–Trinajstić information content (AvgIpc) is 2.80. The van der Waals surface area contributed by atoms with Gasteiger partial charge in [0.1, 0.15) is 37.1 Å². The Hall–Kier alpha value is -2.77. The number of amides is 2. The van der Waals surface area contributed by atoms with Gasteiger partial charge in [0.15, 0.2) is 6.23 Å². The van der Waals surface area contributed by atoms with Gasteiger partial charge >= 0.3 is 12.1 Å². The number of carbonyl (C=O) groups is 3. The second-order valence-electron chi connectivity index (χ2n) is 7.14. The molecule has 0 bridgehead atoms. The highest BCUT2D eigenvalue weighted by atomic mass is 16.6. The molecule has 1 aromatic rings. The summed E-state index contributed by atoms with van der Waals surface area (Å²) in [5.74, 6) is -1.47. The average molecular weight is 456 g/mol. The van der Waals surface area contributed by atoms with Crippen molar-refractivity contribution < 1.29 is 49.0 Å². The third-order valence-electron chi connectivity index (χ3n) is 4.85. The number of rotatable bonds is 9. The molecule has 0 unspecified atom stereocenters. The number of ether oxygens (including phenoxy) is 3. The van der Waals surface area contributed by atoms with Crippen LogP contribution in [0.4, 0.5) is 4.79 Å². The predicted octanol–water partition coefficient (Wildman–Crippen LogP) is -1.85. The Morgan fingerprint density at radius 2 is 1.78 bits per heavy atom. The van der Waals surface area contributed by atoms with E-state index in [0.717, 1.165) is 12.7 Å². The maximum Gasteiger partial charge on any atom is 0.408 e.